The lowest BCUT2D eigenvalue weighted by molar-refractivity contribution is -0.128. The third kappa shape index (κ3) is 5.69. The summed E-state index contributed by atoms with van der Waals surface area (Å²) in [6.45, 7) is 1.33. The highest BCUT2D eigenvalue weighted by molar-refractivity contribution is 8.01. The summed E-state index contributed by atoms with van der Waals surface area (Å²) in [5.41, 5.74) is 4.07. The minimum Gasteiger partial charge on any atom is -0.337 e. The lowest BCUT2D eigenvalue weighted by atomic mass is 10.1. The van der Waals surface area contributed by atoms with Crippen molar-refractivity contribution in [2.45, 2.75) is 17.3 Å². The van der Waals surface area contributed by atoms with Gasteiger partial charge in [0.2, 0.25) is 5.91 Å². The van der Waals surface area contributed by atoms with E-state index in [-0.39, 0.29) is 5.91 Å². The van der Waals surface area contributed by atoms with Gasteiger partial charge in [0, 0.05) is 13.1 Å². The number of thioether (sulfide) groups is 1. The summed E-state index contributed by atoms with van der Waals surface area (Å²) in [6.07, 6.45) is 0.850. The minimum absolute atomic E-state index is 0.125. The van der Waals surface area contributed by atoms with Gasteiger partial charge in [-0.1, -0.05) is 83.8 Å². The molecule has 1 aromatic heterocycles. The van der Waals surface area contributed by atoms with Gasteiger partial charge in [0.15, 0.2) is 4.34 Å². The number of aromatic nitrogens is 2. The summed E-state index contributed by atoms with van der Waals surface area (Å²) in [4.78, 5) is 14.7. The first-order chi connectivity index (χ1) is 12.3. The minimum atomic E-state index is 0.125. The molecule has 0 saturated heterocycles. The molecule has 1 heterocycles. The number of benzene rings is 2. The van der Waals surface area contributed by atoms with Crippen molar-refractivity contribution in [1.82, 2.24) is 15.1 Å². The molecular formula is C19H19N3OS2. The summed E-state index contributed by atoms with van der Waals surface area (Å²) >= 11 is 2.91. The molecule has 0 aliphatic heterocycles. The molecule has 0 spiro atoms. The molecule has 0 N–H and O–H groups in total. The number of hydrogen-bond acceptors (Lipinski definition) is 5. The van der Waals surface area contributed by atoms with Crippen LogP contribution in [0.1, 0.15) is 11.1 Å². The fourth-order valence-corrected chi connectivity index (χ4v) is 3.84. The number of nitrogens with zero attached hydrogens (tertiary/aromatic N) is 3. The second-order valence-electron chi connectivity index (χ2n) is 5.53. The van der Waals surface area contributed by atoms with Gasteiger partial charge < -0.3 is 4.90 Å². The second kappa shape index (κ2) is 9.34. The SMILES string of the molecule is O=C(CSc1nncs1)N(CCc1ccccc1)Cc1ccccc1. The largest absolute Gasteiger partial charge is 0.337 e. The average molecular weight is 370 g/mol. The van der Waals surface area contributed by atoms with Gasteiger partial charge in [0.1, 0.15) is 5.51 Å². The van der Waals surface area contributed by atoms with E-state index in [1.54, 1.807) is 5.51 Å². The van der Waals surface area contributed by atoms with Crippen molar-refractivity contribution in [1.29, 1.82) is 0 Å². The second-order valence-corrected chi connectivity index (χ2v) is 7.59. The normalized spacial score (nSPS) is 10.6. The van der Waals surface area contributed by atoms with Gasteiger partial charge in [-0.25, -0.2) is 0 Å². The van der Waals surface area contributed by atoms with Crippen LogP contribution in [0.5, 0.6) is 0 Å². The Morgan fingerprint density at radius 3 is 2.32 bits per heavy atom. The van der Waals surface area contributed by atoms with Crippen LogP contribution >= 0.6 is 23.1 Å². The van der Waals surface area contributed by atoms with E-state index >= 15 is 0 Å². The van der Waals surface area contributed by atoms with E-state index in [1.165, 1.54) is 28.7 Å². The maximum atomic E-state index is 12.7. The van der Waals surface area contributed by atoms with E-state index in [1.807, 2.05) is 41.3 Å². The Bertz CT molecular complexity index is 764. The summed E-state index contributed by atoms with van der Waals surface area (Å²) in [7, 11) is 0. The molecule has 4 nitrogen and oxygen atoms in total. The van der Waals surface area contributed by atoms with Crippen molar-refractivity contribution in [2.75, 3.05) is 12.3 Å². The van der Waals surface area contributed by atoms with Crippen molar-refractivity contribution >= 4 is 29.0 Å². The van der Waals surface area contributed by atoms with Crippen LogP contribution in [0, 0.1) is 0 Å². The molecule has 0 atom stereocenters. The van der Waals surface area contributed by atoms with Crippen LogP contribution in [0.25, 0.3) is 0 Å². The molecule has 3 aromatic rings. The average Bonchev–Trinajstić information content (AvgIpc) is 3.18. The Morgan fingerprint density at radius 1 is 1.00 bits per heavy atom. The van der Waals surface area contributed by atoms with Gasteiger partial charge in [-0.15, -0.1) is 10.2 Å². The molecule has 0 saturated carbocycles. The first-order valence-corrected chi connectivity index (χ1v) is 9.92. The molecule has 0 unspecified atom stereocenters. The molecule has 2 aromatic carbocycles. The van der Waals surface area contributed by atoms with Crippen LogP contribution in [-0.4, -0.2) is 33.3 Å². The zero-order chi connectivity index (χ0) is 17.3. The number of carbonyl (C=O) groups is 1. The summed E-state index contributed by atoms with van der Waals surface area (Å²) in [5, 5.41) is 7.80. The number of rotatable bonds is 8. The topological polar surface area (TPSA) is 46.1 Å². The Balaban J connectivity index is 1.63. The van der Waals surface area contributed by atoms with E-state index in [0.29, 0.717) is 18.8 Å². The van der Waals surface area contributed by atoms with Gasteiger partial charge in [0.05, 0.1) is 5.75 Å². The summed E-state index contributed by atoms with van der Waals surface area (Å²) in [6, 6.07) is 20.4. The van der Waals surface area contributed by atoms with E-state index in [2.05, 4.69) is 34.5 Å². The van der Waals surface area contributed by atoms with Gasteiger partial charge in [-0.3, -0.25) is 4.79 Å². The maximum Gasteiger partial charge on any atom is 0.233 e. The molecule has 3 rings (SSSR count). The molecule has 128 valence electrons. The molecule has 6 heteroatoms. The van der Waals surface area contributed by atoms with Gasteiger partial charge in [-0.2, -0.15) is 0 Å². The van der Waals surface area contributed by atoms with E-state index in [4.69, 9.17) is 0 Å². The Hall–Kier alpha value is -2.18. The number of hydrogen-bond donors (Lipinski definition) is 0. The molecule has 0 aliphatic carbocycles. The predicted molar refractivity (Wildman–Crippen MR) is 103 cm³/mol. The molecule has 0 bridgehead atoms. The standard InChI is InChI=1S/C19H19N3OS2/c23-18(14-24-19-21-20-15-25-19)22(13-17-9-5-2-6-10-17)12-11-16-7-3-1-4-8-16/h1-10,15H,11-14H2. The quantitative estimate of drug-likeness (QED) is 0.565. The molecular weight excluding hydrogens is 350 g/mol. The van der Waals surface area contributed by atoms with Crippen LogP contribution in [-0.2, 0) is 17.8 Å². The van der Waals surface area contributed by atoms with Crippen LogP contribution in [0.3, 0.4) is 0 Å². The monoisotopic (exact) mass is 369 g/mol. The Morgan fingerprint density at radius 2 is 1.68 bits per heavy atom. The highest BCUT2D eigenvalue weighted by Gasteiger charge is 2.15. The lowest BCUT2D eigenvalue weighted by Gasteiger charge is -2.23. The van der Waals surface area contributed by atoms with Crippen molar-refractivity contribution in [2.24, 2.45) is 0 Å². The zero-order valence-corrected chi connectivity index (χ0v) is 15.4. The van der Waals surface area contributed by atoms with Crippen LogP contribution < -0.4 is 0 Å². The van der Waals surface area contributed by atoms with E-state index in [0.717, 1.165) is 16.3 Å². The predicted octanol–water partition coefficient (Wildman–Crippen LogP) is 3.90. The fraction of sp³-hybridized carbons (Fsp3) is 0.211. The molecule has 0 aliphatic rings. The Kier molecular flexibility index (Phi) is 6.59. The molecule has 25 heavy (non-hydrogen) atoms. The highest BCUT2D eigenvalue weighted by atomic mass is 32.2. The Labute approximate surface area is 155 Å². The maximum absolute atomic E-state index is 12.7. The third-order valence-corrected chi connectivity index (χ3v) is 5.59. The zero-order valence-electron chi connectivity index (χ0n) is 13.7. The van der Waals surface area contributed by atoms with Gasteiger partial charge in [-0.05, 0) is 17.5 Å². The number of carbonyl (C=O) groups excluding carboxylic acids is 1. The molecule has 0 radical (unpaired) electrons. The van der Waals surface area contributed by atoms with Crippen LogP contribution in [0.2, 0.25) is 0 Å². The lowest BCUT2D eigenvalue weighted by Crippen LogP contribution is -2.33. The molecule has 1 amide bonds. The van der Waals surface area contributed by atoms with Crippen molar-refractivity contribution in [3.05, 3.63) is 77.3 Å². The van der Waals surface area contributed by atoms with Crippen molar-refractivity contribution in [3.8, 4) is 0 Å². The molecule has 0 fully saturated rings. The summed E-state index contributed by atoms with van der Waals surface area (Å²) < 4.78 is 0.830. The van der Waals surface area contributed by atoms with Gasteiger partial charge >= 0.3 is 0 Å². The first kappa shape index (κ1) is 17.6. The number of amides is 1. The highest BCUT2D eigenvalue weighted by Crippen LogP contribution is 2.20. The first-order valence-electron chi connectivity index (χ1n) is 8.06. The third-order valence-electron chi connectivity index (χ3n) is 3.74. The van der Waals surface area contributed by atoms with Crippen LogP contribution in [0.15, 0.2) is 70.5 Å². The van der Waals surface area contributed by atoms with Crippen molar-refractivity contribution < 1.29 is 4.79 Å². The van der Waals surface area contributed by atoms with Crippen molar-refractivity contribution in [3.63, 3.8) is 0 Å². The van der Waals surface area contributed by atoms with E-state index < -0.39 is 0 Å². The van der Waals surface area contributed by atoms with E-state index in [9.17, 15) is 4.79 Å². The smallest absolute Gasteiger partial charge is 0.233 e. The van der Waals surface area contributed by atoms with Crippen LogP contribution in [0.4, 0.5) is 0 Å². The fourth-order valence-electron chi connectivity index (χ4n) is 2.45. The van der Waals surface area contributed by atoms with Gasteiger partial charge in [0.25, 0.3) is 0 Å². The summed E-state index contributed by atoms with van der Waals surface area (Å²) in [5.74, 6) is 0.511.